The summed E-state index contributed by atoms with van der Waals surface area (Å²) in [7, 11) is 1.93. The molecule has 2 saturated heterocycles. The van der Waals surface area contributed by atoms with Crippen molar-refractivity contribution in [1.29, 1.82) is 0 Å². The number of nitrogens with zero attached hydrogens (tertiary/aromatic N) is 4. The van der Waals surface area contributed by atoms with E-state index in [1.807, 2.05) is 29.0 Å². The topological polar surface area (TPSA) is 53.4 Å². The largest absolute Gasteiger partial charge is 0.365 e. The number of hydrogen-bond acceptors (Lipinski definition) is 4. The van der Waals surface area contributed by atoms with E-state index in [-0.39, 0.29) is 11.9 Å². The molecule has 19 heavy (non-hydrogen) atoms. The fourth-order valence-electron chi connectivity index (χ4n) is 2.87. The van der Waals surface area contributed by atoms with Crippen molar-refractivity contribution in [2.75, 3.05) is 37.6 Å². The zero-order valence-corrected chi connectivity index (χ0v) is 11.4. The SMILES string of the molecule is Cn1cc(N2CCN(C(=O)C3CCCN3)CC2)cn1. The van der Waals surface area contributed by atoms with Gasteiger partial charge in [0, 0.05) is 39.4 Å². The summed E-state index contributed by atoms with van der Waals surface area (Å²) in [5.74, 6) is 0.281. The van der Waals surface area contributed by atoms with Gasteiger partial charge in [-0.3, -0.25) is 9.48 Å². The molecular weight excluding hydrogens is 242 g/mol. The van der Waals surface area contributed by atoms with Gasteiger partial charge in [0.1, 0.15) is 0 Å². The van der Waals surface area contributed by atoms with Crippen LogP contribution in [0.15, 0.2) is 12.4 Å². The minimum absolute atomic E-state index is 0.0601. The van der Waals surface area contributed by atoms with Crippen LogP contribution in [-0.2, 0) is 11.8 Å². The number of aryl methyl sites for hydroxylation is 1. The zero-order chi connectivity index (χ0) is 13.2. The molecule has 0 radical (unpaired) electrons. The monoisotopic (exact) mass is 263 g/mol. The van der Waals surface area contributed by atoms with Crippen LogP contribution in [0.2, 0.25) is 0 Å². The molecule has 0 bridgehead atoms. The molecule has 1 aromatic rings. The highest BCUT2D eigenvalue weighted by molar-refractivity contribution is 5.82. The highest BCUT2D eigenvalue weighted by atomic mass is 16.2. The molecule has 0 spiro atoms. The lowest BCUT2D eigenvalue weighted by atomic mass is 10.2. The van der Waals surface area contributed by atoms with Crippen molar-refractivity contribution < 1.29 is 4.79 Å². The van der Waals surface area contributed by atoms with E-state index < -0.39 is 0 Å². The lowest BCUT2D eigenvalue weighted by Crippen LogP contribution is -2.53. The van der Waals surface area contributed by atoms with Crippen molar-refractivity contribution in [3.63, 3.8) is 0 Å². The fourth-order valence-corrected chi connectivity index (χ4v) is 2.87. The lowest BCUT2D eigenvalue weighted by Gasteiger charge is -2.36. The molecule has 0 aromatic carbocycles. The van der Waals surface area contributed by atoms with Crippen molar-refractivity contribution >= 4 is 11.6 Å². The third kappa shape index (κ3) is 2.58. The van der Waals surface area contributed by atoms with E-state index >= 15 is 0 Å². The standard InChI is InChI=1S/C13H21N5O/c1-16-10-11(9-15-16)17-5-7-18(8-6-17)13(19)12-3-2-4-14-12/h9-10,12,14H,2-8H2,1H3. The molecular formula is C13H21N5O. The fraction of sp³-hybridized carbons (Fsp3) is 0.692. The van der Waals surface area contributed by atoms with Gasteiger partial charge in [0.25, 0.3) is 0 Å². The Balaban J connectivity index is 1.55. The number of carbonyl (C=O) groups excluding carboxylic acids is 1. The number of anilines is 1. The Labute approximate surface area is 113 Å². The smallest absolute Gasteiger partial charge is 0.239 e. The molecule has 6 heteroatoms. The Bertz CT molecular complexity index is 444. The van der Waals surface area contributed by atoms with Crippen LogP contribution in [0.3, 0.4) is 0 Å². The summed E-state index contributed by atoms with van der Waals surface area (Å²) in [6.45, 7) is 4.39. The van der Waals surface area contributed by atoms with Gasteiger partial charge in [-0.2, -0.15) is 5.10 Å². The normalized spacial score (nSPS) is 23.9. The second kappa shape index (κ2) is 5.21. The van der Waals surface area contributed by atoms with Crippen LogP contribution >= 0.6 is 0 Å². The van der Waals surface area contributed by atoms with Crippen LogP contribution < -0.4 is 10.2 Å². The van der Waals surface area contributed by atoms with Crippen LogP contribution in [0.4, 0.5) is 5.69 Å². The van der Waals surface area contributed by atoms with E-state index in [2.05, 4.69) is 15.3 Å². The molecule has 1 N–H and O–H groups in total. The maximum absolute atomic E-state index is 12.3. The summed E-state index contributed by atoms with van der Waals surface area (Å²) in [5.41, 5.74) is 1.15. The van der Waals surface area contributed by atoms with Crippen LogP contribution in [0.5, 0.6) is 0 Å². The average Bonchev–Trinajstić information content (AvgIpc) is 3.09. The molecule has 1 amide bonds. The van der Waals surface area contributed by atoms with Gasteiger partial charge in [-0.25, -0.2) is 0 Å². The van der Waals surface area contributed by atoms with E-state index in [4.69, 9.17) is 0 Å². The van der Waals surface area contributed by atoms with Crippen LogP contribution in [-0.4, -0.2) is 59.4 Å². The first kappa shape index (κ1) is 12.5. The van der Waals surface area contributed by atoms with E-state index in [1.165, 1.54) is 0 Å². The predicted octanol–water partition coefficient (Wildman–Crippen LogP) is -0.179. The Hall–Kier alpha value is -1.56. The van der Waals surface area contributed by atoms with Gasteiger partial charge in [0.05, 0.1) is 17.9 Å². The molecule has 3 heterocycles. The first-order valence-corrected chi connectivity index (χ1v) is 7.00. The Kier molecular flexibility index (Phi) is 3.42. The number of amides is 1. The maximum Gasteiger partial charge on any atom is 0.239 e. The number of piperazine rings is 1. The molecule has 104 valence electrons. The number of nitrogens with one attached hydrogen (secondary N) is 1. The number of aromatic nitrogens is 2. The molecule has 0 aliphatic carbocycles. The first-order chi connectivity index (χ1) is 9.24. The maximum atomic E-state index is 12.3. The molecule has 3 rings (SSSR count). The second-order valence-electron chi connectivity index (χ2n) is 5.33. The lowest BCUT2D eigenvalue weighted by molar-refractivity contribution is -0.133. The Morgan fingerprint density at radius 3 is 2.74 bits per heavy atom. The molecule has 2 aliphatic heterocycles. The van der Waals surface area contributed by atoms with Crippen molar-refractivity contribution in [1.82, 2.24) is 20.0 Å². The van der Waals surface area contributed by atoms with Gasteiger partial charge < -0.3 is 15.1 Å². The van der Waals surface area contributed by atoms with Gasteiger partial charge in [0.15, 0.2) is 0 Å². The summed E-state index contributed by atoms with van der Waals surface area (Å²) >= 11 is 0. The van der Waals surface area contributed by atoms with E-state index in [0.717, 1.165) is 51.3 Å². The number of rotatable bonds is 2. The van der Waals surface area contributed by atoms with Crippen LogP contribution in [0.25, 0.3) is 0 Å². The van der Waals surface area contributed by atoms with Gasteiger partial charge in [0.2, 0.25) is 5.91 Å². The average molecular weight is 263 g/mol. The highest BCUT2D eigenvalue weighted by Crippen LogP contribution is 2.16. The van der Waals surface area contributed by atoms with Crippen molar-refractivity contribution in [2.45, 2.75) is 18.9 Å². The molecule has 2 aliphatic rings. The predicted molar refractivity (Wildman–Crippen MR) is 73.0 cm³/mol. The van der Waals surface area contributed by atoms with E-state index in [1.54, 1.807) is 0 Å². The van der Waals surface area contributed by atoms with Gasteiger partial charge in [-0.15, -0.1) is 0 Å². The quantitative estimate of drug-likeness (QED) is 0.804. The van der Waals surface area contributed by atoms with Gasteiger partial charge in [-0.1, -0.05) is 0 Å². The molecule has 1 atom stereocenters. The summed E-state index contributed by atoms with van der Waals surface area (Å²) in [4.78, 5) is 16.6. The minimum Gasteiger partial charge on any atom is -0.365 e. The van der Waals surface area contributed by atoms with Gasteiger partial charge in [-0.05, 0) is 19.4 Å². The third-order valence-electron chi connectivity index (χ3n) is 4.01. The zero-order valence-electron chi connectivity index (χ0n) is 11.4. The van der Waals surface area contributed by atoms with Crippen LogP contribution in [0, 0.1) is 0 Å². The minimum atomic E-state index is 0.0601. The van der Waals surface area contributed by atoms with E-state index in [9.17, 15) is 4.79 Å². The summed E-state index contributed by atoms with van der Waals surface area (Å²) in [6, 6.07) is 0.0601. The summed E-state index contributed by atoms with van der Waals surface area (Å²) < 4.78 is 1.81. The van der Waals surface area contributed by atoms with Crippen LogP contribution in [0.1, 0.15) is 12.8 Å². The molecule has 2 fully saturated rings. The van der Waals surface area contributed by atoms with Crippen molar-refractivity contribution in [3.8, 4) is 0 Å². The first-order valence-electron chi connectivity index (χ1n) is 7.00. The number of hydrogen-bond donors (Lipinski definition) is 1. The number of carbonyl (C=O) groups is 1. The Morgan fingerprint density at radius 2 is 2.16 bits per heavy atom. The Morgan fingerprint density at radius 1 is 1.37 bits per heavy atom. The van der Waals surface area contributed by atoms with Gasteiger partial charge >= 0.3 is 0 Å². The van der Waals surface area contributed by atoms with Crippen molar-refractivity contribution in [3.05, 3.63) is 12.4 Å². The second-order valence-corrected chi connectivity index (χ2v) is 5.33. The summed E-state index contributed by atoms with van der Waals surface area (Å²) in [6.07, 6.45) is 6.01. The molecule has 1 aromatic heterocycles. The molecule has 1 unspecified atom stereocenters. The third-order valence-corrected chi connectivity index (χ3v) is 4.01. The van der Waals surface area contributed by atoms with E-state index in [0.29, 0.717) is 0 Å². The highest BCUT2D eigenvalue weighted by Gasteiger charge is 2.29. The molecule has 6 nitrogen and oxygen atoms in total. The van der Waals surface area contributed by atoms with Crippen molar-refractivity contribution in [2.24, 2.45) is 7.05 Å². The molecule has 0 saturated carbocycles. The summed E-state index contributed by atoms with van der Waals surface area (Å²) in [5, 5.41) is 7.48.